The number of nitrogens with one attached hydrogen (secondary N) is 1. The van der Waals surface area contributed by atoms with Crippen molar-refractivity contribution in [3.8, 4) is 0 Å². The fourth-order valence-corrected chi connectivity index (χ4v) is 2.49. The van der Waals surface area contributed by atoms with Gasteiger partial charge in [0.05, 0.1) is 12.5 Å². The molecule has 1 aliphatic rings. The smallest absolute Gasteiger partial charge is 0.305 e. The molecule has 0 spiro atoms. The topological polar surface area (TPSA) is 79.3 Å². The summed E-state index contributed by atoms with van der Waals surface area (Å²) in [5, 5.41) is 11.8. The van der Waals surface area contributed by atoms with Crippen LogP contribution in [0.3, 0.4) is 0 Å². The third kappa shape index (κ3) is 3.77. The molecule has 5 nitrogen and oxygen atoms in total. The number of carboxylic acids is 1. The summed E-state index contributed by atoms with van der Waals surface area (Å²) in [7, 11) is 0. The Morgan fingerprint density at radius 3 is 2.74 bits per heavy atom. The van der Waals surface area contributed by atoms with E-state index in [4.69, 9.17) is 5.11 Å². The van der Waals surface area contributed by atoms with Gasteiger partial charge in [-0.1, -0.05) is 18.9 Å². The van der Waals surface area contributed by atoms with Crippen molar-refractivity contribution < 1.29 is 14.7 Å². The summed E-state index contributed by atoms with van der Waals surface area (Å²) in [5.41, 5.74) is 0.733. The second-order valence-corrected chi connectivity index (χ2v) is 4.93. The molecule has 1 fully saturated rings. The van der Waals surface area contributed by atoms with E-state index in [0.717, 1.165) is 31.2 Å². The molecule has 2 N–H and O–H groups in total. The first-order chi connectivity index (χ1) is 9.16. The molecule has 1 atom stereocenters. The predicted molar refractivity (Wildman–Crippen MR) is 69.3 cm³/mol. The van der Waals surface area contributed by atoms with E-state index in [-0.39, 0.29) is 18.2 Å². The van der Waals surface area contributed by atoms with E-state index in [0.29, 0.717) is 0 Å². The lowest BCUT2D eigenvalue weighted by molar-refractivity contribution is -0.137. The van der Waals surface area contributed by atoms with Gasteiger partial charge in [-0.05, 0) is 24.5 Å². The number of aromatic nitrogens is 1. The van der Waals surface area contributed by atoms with Gasteiger partial charge in [-0.2, -0.15) is 0 Å². The van der Waals surface area contributed by atoms with Crippen molar-refractivity contribution in [2.24, 2.45) is 5.92 Å². The van der Waals surface area contributed by atoms with Gasteiger partial charge >= 0.3 is 5.97 Å². The zero-order valence-corrected chi connectivity index (χ0v) is 10.7. The SMILES string of the molecule is O=C(O)CC(NC(=O)C1CCCC1)c1cccnc1. The summed E-state index contributed by atoms with van der Waals surface area (Å²) >= 11 is 0. The number of hydrogen-bond donors (Lipinski definition) is 2. The lowest BCUT2D eigenvalue weighted by Crippen LogP contribution is -2.34. The van der Waals surface area contributed by atoms with Crippen LogP contribution >= 0.6 is 0 Å². The Labute approximate surface area is 112 Å². The van der Waals surface area contributed by atoms with Crippen molar-refractivity contribution in [2.45, 2.75) is 38.1 Å². The molecule has 1 aromatic heterocycles. The van der Waals surface area contributed by atoms with E-state index in [1.54, 1.807) is 24.5 Å². The van der Waals surface area contributed by atoms with Crippen LogP contribution in [-0.2, 0) is 9.59 Å². The molecule has 1 heterocycles. The van der Waals surface area contributed by atoms with Crippen LogP contribution in [0.1, 0.15) is 43.7 Å². The maximum Gasteiger partial charge on any atom is 0.305 e. The zero-order valence-electron chi connectivity index (χ0n) is 10.7. The second kappa shape index (κ2) is 6.31. The molecule has 1 unspecified atom stereocenters. The number of carbonyl (C=O) groups is 2. The van der Waals surface area contributed by atoms with Crippen molar-refractivity contribution in [3.05, 3.63) is 30.1 Å². The molecular formula is C14H18N2O3. The summed E-state index contributed by atoms with van der Waals surface area (Å²) in [6.45, 7) is 0. The average Bonchev–Trinajstić information content (AvgIpc) is 2.92. The third-order valence-corrected chi connectivity index (χ3v) is 3.51. The molecule has 2 rings (SSSR count). The first-order valence-corrected chi connectivity index (χ1v) is 6.59. The van der Waals surface area contributed by atoms with Gasteiger partial charge < -0.3 is 10.4 Å². The number of carbonyl (C=O) groups excluding carboxylic acids is 1. The highest BCUT2D eigenvalue weighted by Crippen LogP contribution is 2.26. The van der Waals surface area contributed by atoms with Crippen molar-refractivity contribution in [1.29, 1.82) is 0 Å². The Bertz CT molecular complexity index is 441. The molecule has 0 bridgehead atoms. The summed E-state index contributed by atoms with van der Waals surface area (Å²) in [4.78, 5) is 27.0. The van der Waals surface area contributed by atoms with E-state index in [1.165, 1.54) is 0 Å². The van der Waals surface area contributed by atoms with Gasteiger partial charge in [0.1, 0.15) is 0 Å². The predicted octanol–water partition coefficient (Wildman–Crippen LogP) is 1.90. The summed E-state index contributed by atoms with van der Waals surface area (Å²) in [6, 6.07) is 3.03. The van der Waals surface area contributed by atoms with Gasteiger partial charge in [0.2, 0.25) is 5.91 Å². The Hall–Kier alpha value is -1.91. The quantitative estimate of drug-likeness (QED) is 0.849. The average molecular weight is 262 g/mol. The molecular weight excluding hydrogens is 244 g/mol. The highest BCUT2D eigenvalue weighted by molar-refractivity contribution is 5.80. The Kier molecular flexibility index (Phi) is 4.49. The molecule has 0 aliphatic heterocycles. The summed E-state index contributed by atoms with van der Waals surface area (Å²) in [5.74, 6) is -0.929. The van der Waals surface area contributed by atoms with Gasteiger partial charge in [-0.25, -0.2) is 0 Å². The standard InChI is InChI=1S/C14H18N2O3/c17-13(18)8-12(11-6-3-7-15-9-11)16-14(19)10-4-1-2-5-10/h3,6-7,9-10,12H,1-2,4-5,8H2,(H,16,19)(H,17,18). The fourth-order valence-electron chi connectivity index (χ4n) is 2.49. The Morgan fingerprint density at radius 2 is 2.16 bits per heavy atom. The normalized spacial score (nSPS) is 17.1. The molecule has 102 valence electrons. The first-order valence-electron chi connectivity index (χ1n) is 6.59. The minimum absolute atomic E-state index is 0.0346. The zero-order chi connectivity index (χ0) is 13.7. The minimum Gasteiger partial charge on any atom is -0.481 e. The van der Waals surface area contributed by atoms with Crippen molar-refractivity contribution in [2.75, 3.05) is 0 Å². The Morgan fingerprint density at radius 1 is 1.42 bits per heavy atom. The van der Waals surface area contributed by atoms with Crippen LogP contribution in [0.25, 0.3) is 0 Å². The van der Waals surface area contributed by atoms with Crippen LogP contribution in [-0.4, -0.2) is 22.0 Å². The summed E-state index contributed by atoms with van der Waals surface area (Å²) < 4.78 is 0. The van der Waals surface area contributed by atoms with Crippen LogP contribution in [0.5, 0.6) is 0 Å². The van der Waals surface area contributed by atoms with Gasteiger partial charge in [0, 0.05) is 18.3 Å². The number of hydrogen-bond acceptors (Lipinski definition) is 3. The molecule has 0 aromatic carbocycles. The number of amides is 1. The van der Waals surface area contributed by atoms with Crippen LogP contribution in [0.4, 0.5) is 0 Å². The minimum atomic E-state index is -0.930. The molecule has 1 aliphatic carbocycles. The molecule has 5 heteroatoms. The molecule has 0 saturated heterocycles. The Balaban J connectivity index is 2.05. The van der Waals surface area contributed by atoms with Crippen LogP contribution in [0.15, 0.2) is 24.5 Å². The second-order valence-electron chi connectivity index (χ2n) is 4.93. The van der Waals surface area contributed by atoms with E-state index in [2.05, 4.69) is 10.3 Å². The van der Waals surface area contributed by atoms with E-state index < -0.39 is 12.0 Å². The van der Waals surface area contributed by atoms with Gasteiger partial charge in [-0.15, -0.1) is 0 Å². The third-order valence-electron chi connectivity index (χ3n) is 3.51. The number of carboxylic acid groups (broad SMARTS) is 1. The molecule has 1 amide bonds. The van der Waals surface area contributed by atoms with Crippen molar-refractivity contribution >= 4 is 11.9 Å². The van der Waals surface area contributed by atoms with Gasteiger partial charge in [0.25, 0.3) is 0 Å². The highest BCUT2D eigenvalue weighted by atomic mass is 16.4. The summed E-state index contributed by atoms with van der Waals surface area (Å²) in [6.07, 6.45) is 7.06. The number of nitrogens with zero attached hydrogens (tertiary/aromatic N) is 1. The van der Waals surface area contributed by atoms with Crippen molar-refractivity contribution in [1.82, 2.24) is 10.3 Å². The van der Waals surface area contributed by atoms with E-state index >= 15 is 0 Å². The first kappa shape index (κ1) is 13.5. The molecule has 0 radical (unpaired) electrons. The maximum absolute atomic E-state index is 12.1. The lowest BCUT2D eigenvalue weighted by atomic mass is 10.0. The lowest BCUT2D eigenvalue weighted by Gasteiger charge is -2.19. The molecule has 19 heavy (non-hydrogen) atoms. The van der Waals surface area contributed by atoms with Crippen LogP contribution in [0, 0.1) is 5.92 Å². The van der Waals surface area contributed by atoms with Gasteiger partial charge in [-0.3, -0.25) is 14.6 Å². The number of pyridine rings is 1. The monoisotopic (exact) mass is 262 g/mol. The van der Waals surface area contributed by atoms with Crippen LogP contribution < -0.4 is 5.32 Å². The fraction of sp³-hybridized carbons (Fsp3) is 0.500. The number of rotatable bonds is 5. The van der Waals surface area contributed by atoms with E-state index in [9.17, 15) is 9.59 Å². The van der Waals surface area contributed by atoms with Gasteiger partial charge in [0.15, 0.2) is 0 Å². The molecule has 1 aromatic rings. The maximum atomic E-state index is 12.1. The van der Waals surface area contributed by atoms with E-state index in [1.807, 2.05) is 0 Å². The molecule has 1 saturated carbocycles. The largest absolute Gasteiger partial charge is 0.481 e. The van der Waals surface area contributed by atoms with Crippen molar-refractivity contribution in [3.63, 3.8) is 0 Å². The number of aliphatic carboxylic acids is 1. The highest BCUT2D eigenvalue weighted by Gasteiger charge is 2.26. The van der Waals surface area contributed by atoms with Crippen LogP contribution in [0.2, 0.25) is 0 Å².